The topological polar surface area (TPSA) is 64.8 Å². The van der Waals surface area contributed by atoms with Gasteiger partial charge in [-0.2, -0.15) is 0 Å². The van der Waals surface area contributed by atoms with Crippen LogP contribution in [0.3, 0.4) is 0 Å². The molecule has 0 spiro atoms. The Bertz CT molecular complexity index is 252. The molecule has 2 N–H and O–H groups in total. The van der Waals surface area contributed by atoms with Crippen molar-refractivity contribution in [3.8, 4) is 0 Å². The number of ether oxygens (including phenoxy) is 1. The summed E-state index contributed by atoms with van der Waals surface area (Å²) < 4.78 is 5.30. The molecule has 0 aromatic heterocycles. The Labute approximate surface area is 102 Å². The van der Waals surface area contributed by atoms with E-state index in [0.717, 1.165) is 38.6 Å². The average Bonchev–Trinajstić information content (AvgIpc) is 2.40. The highest BCUT2D eigenvalue weighted by atomic mass is 16.6. The van der Waals surface area contributed by atoms with Crippen LogP contribution in [0.25, 0.3) is 0 Å². The molecule has 2 aliphatic heterocycles. The van der Waals surface area contributed by atoms with Crippen molar-refractivity contribution in [2.45, 2.75) is 38.1 Å². The summed E-state index contributed by atoms with van der Waals surface area (Å²) in [6, 6.07) is 0.170. The highest BCUT2D eigenvalue weighted by molar-refractivity contribution is 5.79. The Kier molecular flexibility index (Phi) is 4.76. The van der Waals surface area contributed by atoms with E-state index in [1.54, 1.807) is 0 Å². The Balaban J connectivity index is 1.94. The van der Waals surface area contributed by atoms with Gasteiger partial charge in [-0.3, -0.25) is 4.79 Å². The summed E-state index contributed by atoms with van der Waals surface area (Å²) in [7, 11) is 0. The first-order valence-electron chi connectivity index (χ1n) is 6.53. The van der Waals surface area contributed by atoms with Crippen LogP contribution in [-0.2, 0) is 14.4 Å². The third kappa shape index (κ3) is 3.18. The van der Waals surface area contributed by atoms with Crippen molar-refractivity contribution in [3.05, 3.63) is 0 Å². The van der Waals surface area contributed by atoms with Crippen LogP contribution in [-0.4, -0.2) is 43.2 Å². The lowest BCUT2D eigenvalue weighted by atomic mass is 9.95. The second-order valence-electron chi connectivity index (χ2n) is 4.90. The van der Waals surface area contributed by atoms with Crippen molar-refractivity contribution < 1.29 is 14.4 Å². The van der Waals surface area contributed by atoms with Gasteiger partial charge in [0, 0.05) is 25.7 Å². The molecule has 98 valence electrons. The second kappa shape index (κ2) is 6.33. The summed E-state index contributed by atoms with van der Waals surface area (Å²) in [4.78, 5) is 19.1. The molecule has 1 atom stereocenters. The van der Waals surface area contributed by atoms with E-state index in [-0.39, 0.29) is 17.9 Å². The molecule has 2 aliphatic rings. The zero-order chi connectivity index (χ0) is 12.1. The summed E-state index contributed by atoms with van der Waals surface area (Å²) in [6.07, 6.45) is 4.96. The number of amides is 1. The molecular weight excluding hydrogens is 220 g/mol. The van der Waals surface area contributed by atoms with Gasteiger partial charge in [-0.05, 0) is 32.1 Å². The van der Waals surface area contributed by atoms with Crippen LogP contribution >= 0.6 is 0 Å². The Hall–Kier alpha value is -0.650. The highest BCUT2D eigenvalue weighted by Gasteiger charge is 2.32. The Morgan fingerprint density at radius 3 is 2.76 bits per heavy atom. The number of hydrogen-bond donors (Lipinski definition) is 1. The molecule has 0 saturated carbocycles. The van der Waals surface area contributed by atoms with E-state index in [4.69, 9.17) is 15.5 Å². The first-order valence-corrected chi connectivity index (χ1v) is 6.53. The van der Waals surface area contributed by atoms with E-state index >= 15 is 0 Å². The minimum Gasteiger partial charge on any atom is -0.381 e. The van der Waals surface area contributed by atoms with Crippen LogP contribution < -0.4 is 5.90 Å². The van der Waals surface area contributed by atoms with Crippen molar-refractivity contribution >= 4 is 5.91 Å². The van der Waals surface area contributed by atoms with Gasteiger partial charge in [0.05, 0.1) is 12.6 Å². The molecule has 2 rings (SSSR count). The van der Waals surface area contributed by atoms with Crippen molar-refractivity contribution in [1.29, 1.82) is 0 Å². The van der Waals surface area contributed by atoms with Crippen LogP contribution in [0.15, 0.2) is 0 Å². The summed E-state index contributed by atoms with van der Waals surface area (Å²) in [5.74, 6) is 5.56. The molecular formula is C12H22N2O3. The first kappa shape index (κ1) is 12.8. The van der Waals surface area contributed by atoms with Crippen LogP contribution in [0.5, 0.6) is 0 Å². The monoisotopic (exact) mass is 242 g/mol. The quantitative estimate of drug-likeness (QED) is 0.739. The minimum atomic E-state index is 0.141. The molecule has 1 amide bonds. The van der Waals surface area contributed by atoms with Crippen molar-refractivity contribution in [1.82, 2.24) is 4.90 Å². The van der Waals surface area contributed by atoms with E-state index in [0.29, 0.717) is 19.8 Å². The van der Waals surface area contributed by atoms with E-state index in [1.165, 1.54) is 0 Å². The molecule has 5 nitrogen and oxygen atoms in total. The smallest absolute Gasteiger partial charge is 0.226 e. The maximum Gasteiger partial charge on any atom is 0.226 e. The molecule has 5 heteroatoms. The standard InChI is InChI=1S/C12H22N2O3/c13-17-9-11-3-1-2-6-14(11)12(15)10-4-7-16-8-5-10/h10-11H,1-9,13H2. The summed E-state index contributed by atoms with van der Waals surface area (Å²) in [6.45, 7) is 2.73. The zero-order valence-corrected chi connectivity index (χ0v) is 10.3. The highest BCUT2D eigenvalue weighted by Crippen LogP contribution is 2.23. The number of piperidine rings is 1. The van der Waals surface area contributed by atoms with E-state index in [1.807, 2.05) is 4.90 Å². The van der Waals surface area contributed by atoms with Gasteiger partial charge in [0.25, 0.3) is 0 Å². The van der Waals surface area contributed by atoms with E-state index in [2.05, 4.69) is 0 Å². The molecule has 0 aromatic rings. The SMILES string of the molecule is NOCC1CCCCN1C(=O)C1CCOCC1. The average molecular weight is 242 g/mol. The number of carbonyl (C=O) groups is 1. The van der Waals surface area contributed by atoms with Crippen molar-refractivity contribution in [3.63, 3.8) is 0 Å². The third-order valence-electron chi connectivity index (χ3n) is 3.77. The predicted molar refractivity (Wildman–Crippen MR) is 63.0 cm³/mol. The lowest BCUT2D eigenvalue weighted by Gasteiger charge is -2.38. The van der Waals surface area contributed by atoms with Gasteiger partial charge in [-0.15, -0.1) is 0 Å². The molecule has 1 unspecified atom stereocenters. The molecule has 0 radical (unpaired) electrons. The van der Waals surface area contributed by atoms with Gasteiger partial charge < -0.3 is 14.5 Å². The van der Waals surface area contributed by atoms with E-state index < -0.39 is 0 Å². The molecule has 2 saturated heterocycles. The van der Waals surface area contributed by atoms with Gasteiger partial charge in [-0.1, -0.05) is 0 Å². The number of nitrogens with two attached hydrogens (primary N) is 1. The molecule has 0 aliphatic carbocycles. The fraction of sp³-hybridized carbons (Fsp3) is 0.917. The van der Waals surface area contributed by atoms with Crippen molar-refractivity contribution in [2.24, 2.45) is 11.8 Å². The molecule has 2 fully saturated rings. The molecule has 0 aromatic carbocycles. The fourth-order valence-corrected chi connectivity index (χ4v) is 2.75. The van der Waals surface area contributed by atoms with Crippen LogP contribution in [0.4, 0.5) is 0 Å². The lowest BCUT2D eigenvalue weighted by Crippen LogP contribution is -2.49. The second-order valence-corrected chi connectivity index (χ2v) is 4.90. The Morgan fingerprint density at radius 2 is 2.06 bits per heavy atom. The number of hydrogen-bond acceptors (Lipinski definition) is 4. The van der Waals surface area contributed by atoms with Crippen LogP contribution in [0, 0.1) is 5.92 Å². The molecule has 2 heterocycles. The van der Waals surface area contributed by atoms with Gasteiger partial charge in [-0.25, -0.2) is 5.90 Å². The molecule has 0 bridgehead atoms. The normalized spacial score (nSPS) is 27.1. The maximum atomic E-state index is 12.4. The van der Waals surface area contributed by atoms with Crippen molar-refractivity contribution in [2.75, 3.05) is 26.4 Å². The first-order chi connectivity index (χ1) is 8.33. The van der Waals surface area contributed by atoms with Gasteiger partial charge in [0.15, 0.2) is 0 Å². The maximum absolute atomic E-state index is 12.4. The number of likely N-dealkylation sites (tertiary alicyclic amines) is 1. The van der Waals surface area contributed by atoms with Gasteiger partial charge >= 0.3 is 0 Å². The van der Waals surface area contributed by atoms with Gasteiger partial charge in [0.2, 0.25) is 5.91 Å². The summed E-state index contributed by atoms with van der Waals surface area (Å²) in [5, 5.41) is 0. The molecule has 17 heavy (non-hydrogen) atoms. The summed E-state index contributed by atoms with van der Waals surface area (Å²) in [5.41, 5.74) is 0. The van der Waals surface area contributed by atoms with Crippen LogP contribution in [0.2, 0.25) is 0 Å². The number of carbonyl (C=O) groups excluding carboxylic acids is 1. The lowest BCUT2D eigenvalue weighted by molar-refractivity contribution is -0.144. The Morgan fingerprint density at radius 1 is 1.29 bits per heavy atom. The third-order valence-corrected chi connectivity index (χ3v) is 3.77. The minimum absolute atomic E-state index is 0.141. The summed E-state index contributed by atoms with van der Waals surface area (Å²) >= 11 is 0. The zero-order valence-electron chi connectivity index (χ0n) is 10.3. The largest absolute Gasteiger partial charge is 0.381 e. The fourth-order valence-electron chi connectivity index (χ4n) is 2.75. The number of nitrogens with zero attached hydrogens (tertiary/aromatic N) is 1. The van der Waals surface area contributed by atoms with E-state index in [9.17, 15) is 4.79 Å². The number of rotatable bonds is 3. The van der Waals surface area contributed by atoms with Gasteiger partial charge in [0.1, 0.15) is 0 Å². The predicted octanol–water partition coefficient (Wildman–Crippen LogP) is 0.684. The van der Waals surface area contributed by atoms with Crippen LogP contribution in [0.1, 0.15) is 32.1 Å².